The molecule has 2 rings (SSSR count). The maximum atomic E-state index is 11.7. The highest BCUT2D eigenvalue weighted by atomic mass is 16.5. The van der Waals surface area contributed by atoms with E-state index in [0.717, 1.165) is 56.8 Å². The maximum absolute atomic E-state index is 11.7. The lowest BCUT2D eigenvalue weighted by Crippen LogP contribution is -2.46. The quantitative estimate of drug-likeness (QED) is 0.476. The summed E-state index contributed by atoms with van der Waals surface area (Å²) in [6.45, 7) is 8.05. The third-order valence-corrected chi connectivity index (χ3v) is 5.51. The number of nitrogens with one attached hydrogen (secondary N) is 1. The molecule has 1 heterocycles. The molecule has 2 aliphatic rings. The Morgan fingerprint density at radius 1 is 1.25 bits per heavy atom. The van der Waals surface area contributed by atoms with E-state index in [9.17, 15) is 4.79 Å². The molecule has 2 fully saturated rings. The Labute approximate surface area is 147 Å². The number of rotatable bonds is 5. The van der Waals surface area contributed by atoms with Crippen LogP contribution in [0.2, 0.25) is 0 Å². The first-order valence-corrected chi connectivity index (χ1v) is 9.75. The molecule has 0 bridgehead atoms. The number of likely N-dealkylation sites (tertiary alicyclic amines) is 1. The van der Waals surface area contributed by atoms with Gasteiger partial charge in [-0.05, 0) is 44.4 Å². The van der Waals surface area contributed by atoms with Crippen LogP contribution in [0.4, 0.5) is 0 Å². The predicted molar refractivity (Wildman–Crippen MR) is 98.0 cm³/mol. The number of ether oxygens (including phenoxy) is 1. The minimum Gasteiger partial charge on any atom is -0.469 e. The molecule has 0 spiro atoms. The molecule has 1 saturated carbocycles. The van der Waals surface area contributed by atoms with Gasteiger partial charge in [-0.2, -0.15) is 0 Å². The average Bonchev–Trinajstić information content (AvgIpc) is 2.60. The molecule has 1 aliphatic heterocycles. The Morgan fingerprint density at radius 2 is 2.00 bits per heavy atom. The molecule has 138 valence electrons. The molecule has 5 heteroatoms. The third kappa shape index (κ3) is 5.67. The standard InChI is InChI=1S/C19H35N3O2/c1-4-20-19(21-11-8-16-7-5-6-15(2)14-16)22-12-9-17(10-13-22)18(23)24-3/h15-17H,4-14H2,1-3H3,(H,20,21). The van der Waals surface area contributed by atoms with Crippen molar-refractivity contribution < 1.29 is 9.53 Å². The highest BCUT2D eigenvalue weighted by molar-refractivity contribution is 5.80. The average molecular weight is 338 g/mol. The van der Waals surface area contributed by atoms with Crippen molar-refractivity contribution in [2.45, 2.75) is 58.8 Å². The van der Waals surface area contributed by atoms with E-state index in [1.54, 1.807) is 0 Å². The molecule has 0 amide bonds. The number of esters is 1. The largest absolute Gasteiger partial charge is 0.469 e. The molecule has 1 aliphatic carbocycles. The fourth-order valence-corrected chi connectivity index (χ4v) is 4.09. The van der Waals surface area contributed by atoms with E-state index < -0.39 is 0 Å². The normalized spacial score (nSPS) is 26.3. The number of nitrogens with zero attached hydrogens (tertiary/aromatic N) is 2. The smallest absolute Gasteiger partial charge is 0.308 e. The first-order valence-electron chi connectivity index (χ1n) is 9.75. The molecular formula is C19H35N3O2. The van der Waals surface area contributed by atoms with Crippen molar-refractivity contribution in [1.82, 2.24) is 10.2 Å². The van der Waals surface area contributed by atoms with E-state index in [-0.39, 0.29) is 11.9 Å². The lowest BCUT2D eigenvalue weighted by atomic mass is 9.81. The lowest BCUT2D eigenvalue weighted by Gasteiger charge is -2.33. The van der Waals surface area contributed by atoms with Crippen molar-refractivity contribution in [3.63, 3.8) is 0 Å². The molecular weight excluding hydrogens is 302 g/mol. The molecule has 0 aromatic rings. The number of hydrogen-bond donors (Lipinski definition) is 1. The van der Waals surface area contributed by atoms with Crippen molar-refractivity contribution >= 4 is 11.9 Å². The van der Waals surface area contributed by atoms with Gasteiger partial charge in [-0.25, -0.2) is 0 Å². The number of piperidine rings is 1. The molecule has 2 atom stereocenters. The minimum atomic E-state index is -0.0667. The molecule has 0 aromatic heterocycles. The second-order valence-corrected chi connectivity index (χ2v) is 7.45. The zero-order valence-electron chi connectivity index (χ0n) is 15.7. The summed E-state index contributed by atoms with van der Waals surface area (Å²) in [5.74, 6) is 2.74. The van der Waals surface area contributed by atoms with Crippen LogP contribution in [0.3, 0.4) is 0 Å². The summed E-state index contributed by atoms with van der Waals surface area (Å²) in [6.07, 6.45) is 8.46. The van der Waals surface area contributed by atoms with Crippen LogP contribution in [0.5, 0.6) is 0 Å². The van der Waals surface area contributed by atoms with Gasteiger partial charge in [0, 0.05) is 26.2 Å². The molecule has 1 N–H and O–H groups in total. The lowest BCUT2D eigenvalue weighted by molar-refractivity contribution is -0.146. The predicted octanol–water partition coefficient (Wildman–Crippen LogP) is 3.05. The van der Waals surface area contributed by atoms with Crippen LogP contribution in [-0.4, -0.2) is 50.1 Å². The van der Waals surface area contributed by atoms with Gasteiger partial charge in [0.1, 0.15) is 0 Å². The van der Waals surface area contributed by atoms with Crippen LogP contribution >= 0.6 is 0 Å². The number of guanidine groups is 1. The summed E-state index contributed by atoms with van der Waals surface area (Å²) in [7, 11) is 1.48. The van der Waals surface area contributed by atoms with Gasteiger partial charge in [-0.15, -0.1) is 0 Å². The molecule has 24 heavy (non-hydrogen) atoms. The SMILES string of the molecule is CCNC(=NCCC1CCCC(C)C1)N1CCC(C(=O)OC)CC1. The Hall–Kier alpha value is -1.26. The minimum absolute atomic E-state index is 0.0536. The Morgan fingerprint density at radius 3 is 2.62 bits per heavy atom. The van der Waals surface area contributed by atoms with Crippen molar-refractivity contribution in [2.75, 3.05) is 33.3 Å². The van der Waals surface area contributed by atoms with E-state index in [4.69, 9.17) is 9.73 Å². The zero-order chi connectivity index (χ0) is 17.4. The molecule has 1 saturated heterocycles. The van der Waals surface area contributed by atoms with Crippen molar-refractivity contribution in [3.05, 3.63) is 0 Å². The van der Waals surface area contributed by atoms with Gasteiger partial charge >= 0.3 is 5.97 Å². The van der Waals surface area contributed by atoms with E-state index in [1.165, 1.54) is 39.2 Å². The highest BCUT2D eigenvalue weighted by Crippen LogP contribution is 2.30. The van der Waals surface area contributed by atoms with Crippen LogP contribution in [0.15, 0.2) is 4.99 Å². The number of methoxy groups -OCH3 is 1. The van der Waals surface area contributed by atoms with Gasteiger partial charge in [0.2, 0.25) is 0 Å². The van der Waals surface area contributed by atoms with Crippen molar-refractivity contribution in [2.24, 2.45) is 22.7 Å². The summed E-state index contributed by atoms with van der Waals surface area (Å²) in [6, 6.07) is 0. The molecule has 0 radical (unpaired) electrons. The number of carbonyl (C=O) groups excluding carboxylic acids is 1. The van der Waals surface area contributed by atoms with Gasteiger partial charge < -0.3 is 15.0 Å². The monoisotopic (exact) mass is 337 g/mol. The number of hydrogen-bond acceptors (Lipinski definition) is 3. The van der Waals surface area contributed by atoms with E-state index >= 15 is 0 Å². The van der Waals surface area contributed by atoms with Crippen LogP contribution in [0.25, 0.3) is 0 Å². The summed E-state index contributed by atoms with van der Waals surface area (Å²) in [4.78, 5) is 18.8. The Bertz CT molecular complexity index is 417. The summed E-state index contributed by atoms with van der Waals surface area (Å²) in [5.41, 5.74) is 0. The maximum Gasteiger partial charge on any atom is 0.308 e. The Balaban J connectivity index is 1.81. The van der Waals surface area contributed by atoms with Gasteiger partial charge in [0.05, 0.1) is 13.0 Å². The molecule has 5 nitrogen and oxygen atoms in total. The topological polar surface area (TPSA) is 53.9 Å². The third-order valence-electron chi connectivity index (χ3n) is 5.51. The first kappa shape index (κ1) is 19.1. The second kappa shape index (κ2) is 9.90. The highest BCUT2D eigenvalue weighted by Gasteiger charge is 2.27. The van der Waals surface area contributed by atoms with Crippen molar-refractivity contribution in [1.29, 1.82) is 0 Å². The second-order valence-electron chi connectivity index (χ2n) is 7.45. The van der Waals surface area contributed by atoms with E-state index in [2.05, 4.69) is 24.1 Å². The first-order chi connectivity index (χ1) is 11.6. The van der Waals surface area contributed by atoms with Gasteiger partial charge in [-0.1, -0.05) is 26.2 Å². The van der Waals surface area contributed by atoms with E-state index in [0.29, 0.717) is 0 Å². The van der Waals surface area contributed by atoms with Crippen LogP contribution < -0.4 is 5.32 Å². The van der Waals surface area contributed by atoms with E-state index in [1.807, 2.05) is 0 Å². The molecule has 0 aromatic carbocycles. The summed E-state index contributed by atoms with van der Waals surface area (Å²) < 4.78 is 4.87. The van der Waals surface area contributed by atoms with Crippen LogP contribution in [0, 0.1) is 17.8 Å². The van der Waals surface area contributed by atoms with Gasteiger partial charge in [0.25, 0.3) is 0 Å². The molecule has 2 unspecified atom stereocenters. The summed E-state index contributed by atoms with van der Waals surface area (Å²) in [5, 5.41) is 3.42. The van der Waals surface area contributed by atoms with Crippen LogP contribution in [0.1, 0.15) is 58.8 Å². The zero-order valence-corrected chi connectivity index (χ0v) is 15.7. The fourth-order valence-electron chi connectivity index (χ4n) is 4.09. The van der Waals surface area contributed by atoms with Gasteiger partial charge in [0.15, 0.2) is 5.96 Å². The number of carbonyl (C=O) groups is 1. The van der Waals surface area contributed by atoms with Crippen molar-refractivity contribution in [3.8, 4) is 0 Å². The number of aliphatic imine (C=N–C) groups is 1. The Kier molecular flexibility index (Phi) is 7.86. The summed E-state index contributed by atoms with van der Waals surface area (Å²) >= 11 is 0. The van der Waals surface area contributed by atoms with Crippen LogP contribution in [-0.2, 0) is 9.53 Å². The fraction of sp³-hybridized carbons (Fsp3) is 0.895. The van der Waals surface area contributed by atoms with Gasteiger partial charge in [-0.3, -0.25) is 9.79 Å².